The highest BCUT2D eigenvalue weighted by Crippen LogP contribution is 2.50. The van der Waals surface area contributed by atoms with Gasteiger partial charge < -0.3 is 19.5 Å². The Morgan fingerprint density at radius 2 is 1.76 bits per heavy atom. The highest BCUT2D eigenvalue weighted by atomic mass is 16.3. The van der Waals surface area contributed by atoms with Gasteiger partial charge in [0.15, 0.2) is 0 Å². The van der Waals surface area contributed by atoms with E-state index in [2.05, 4.69) is 0 Å². The standard InChI is InChI=1S/C26H31N3O4/c1-2-22(31)29-23-19(20(16-30)24(29)26(33)27-13-7-4-8-14-27)15-28-21(23)12-11-18(25(28)32)17-9-5-3-6-10-17/h3,5-6,9-12,19-20,23-24,30H,2,4,7-8,13-16H2,1H3/t19-,20-,23+,24-/m0/s1. The second-order valence-corrected chi connectivity index (χ2v) is 9.39. The Bertz CT molecular complexity index is 1110. The number of pyridine rings is 1. The molecule has 2 fully saturated rings. The summed E-state index contributed by atoms with van der Waals surface area (Å²) < 4.78 is 1.75. The Hall–Kier alpha value is -2.93. The number of benzene rings is 1. The fourth-order valence-corrected chi connectivity index (χ4v) is 6.07. The Morgan fingerprint density at radius 3 is 2.42 bits per heavy atom. The van der Waals surface area contributed by atoms with Gasteiger partial charge >= 0.3 is 0 Å². The number of aliphatic hydroxyl groups is 1. The lowest BCUT2D eigenvalue weighted by Gasteiger charge is -2.36. The highest BCUT2D eigenvalue weighted by Gasteiger charge is 2.57. The molecule has 33 heavy (non-hydrogen) atoms. The summed E-state index contributed by atoms with van der Waals surface area (Å²) in [6.45, 7) is 3.42. The van der Waals surface area contributed by atoms with Gasteiger partial charge in [0.2, 0.25) is 11.8 Å². The van der Waals surface area contributed by atoms with E-state index in [1.807, 2.05) is 47.4 Å². The number of hydrogen-bond donors (Lipinski definition) is 1. The predicted octanol–water partition coefficient (Wildman–Crippen LogP) is 2.43. The number of nitrogens with zero attached hydrogens (tertiary/aromatic N) is 3. The molecule has 1 N–H and O–H groups in total. The molecule has 3 aliphatic heterocycles. The first-order valence-corrected chi connectivity index (χ1v) is 12.1. The maximum atomic E-state index is 13.6. The predicted molar refractivity (Wildman–Crippen MR) is 124 cm³/mol. The van der Waals surface area contributed by atoms with Gasteiger partial charge in [-0.05, 0) is 37.0 Å². The van der Waals surface area contributed by atoms with E-state index < -0.39 is 6.04 Å². The van der Waals surface area contributed by atoms with Crippen LogP contribution in [0.3, 0.4) is 0 Å². The van der Waals surface area contributed by atoms with Crippen molar-refractivity contribution in [2.75, 3.05) is 19.7 Å². The first-order chi connectivity index (χ1) is 16.1. The fourth-order valence-electron chi connectivity index (χ4n) is 6.07. The molecule has 4 heterocycles. The summed E-state index contributed by atoms with van der Waals surface area (Å²) in [4.78, 5) is 43.8. The number of fused-ring (bicyclic) bond motifs is 3. The van der Waals surface area contributed by atoms with Crippen LogP contribution >= 0.6 is 0 Å². The van der Waals surface area contributed by atoms with E-state index in [1.54, 1.807) is 16.4 Å². The first-order valence-electron chi connectivity index (χ1n) is 12.1. The minimum atomic E-state index is -0.673. The molecule has 1 aromatic carbocycles. The third kappa shape index (κ3) is 3.50. The van der Waals surface area contributed by atoms with Crippen LogP contribution in [-0.2, 0) is 16.1 Å². The third-order valence-corrected chi connectivity index (χ3v) is 7.67. The molecule has 0 bridgehead atoms. The number of rotatable bonds is 4. The molecule has 174 valence electrons. The lowest BCUT2D eigenvalue weighted by Crippen LogP contribution is -2.52. The second-order valence-electron chi connectivity index (χ2n) is 9.39. The molecule has 5 rings (SSSR count). The van der Waals surface area contributed by atoms with Crippen LogP contribution in [0.25, 0.3) is 11.1 Å². The summed E-state index contributed by atoms with van der Waals surface area (Å²) in [5.74, 6) is -0.716. The molecule has 0 radical (unpaired) electrons. The summed E-state index contributed by atoms with van der Waals surface area (Å²) in [6.07, 6.45) is 3.33. The van der Waals surface area contributed by atoms with Crippen LogP contribution in [0.5, 0.6) is 0 Å². The molecule has 2 aromatic rings. The van der Waals surface area contributed by atoms with Gasteiger partial charge in [-0.2, -0.15) is 0 Å². The van der Waals surface area contributed by atoms with Crippen LogP contribution in [0.2, 0.25) is 0 Å². The van der Waals surface area contributed by atoms with Gasteiger partial charge in [0.25, 0.3) is 5.56 Å². The van der Waals surface area contributed by atoms with Gasteiger partial charge in [-0.25, -0.2) is 0 Å². The van der Waals surface area contributed by atoms with Gasteiger partial charge in [-0.3, -0.25) is 14.4 Å². The SMILES string of the molecule is CCC(=O)N1[C@H](C(=O)N2CCCCC2)[C@@H](CO)[C@@H]2Cn3c(ccc(-c4ccccc4)c3=O)[C@@H]21. The van der Waals surface area contributed by atoms with Gasteiger partial charge in [0.1, 0.15) is 6.04 Å². The number of carbonyl (C=O) groups excluding carboxylic acids is 2. The fraction of sp³-hybridized carbons (Fsp3) is 0.500. The highest BCUT2D eigenvalue weighted by molar-refractivity contribution is 5.89. The average molecular weight is 450 g/mol. The molecule has 4 atom stereocenters. The molecular formula is C26H31N3O4. The quantitative estimate of drug-likeness (QED) is 0.777. The van der Waals surface area contributed by atoms with Crippen molar-refractivity contribution in [1.29, 1.82) is 0 Å². The zero-order chi connectivity index (χ0) is 23.1. The normalized spacial score (nSPS) is 26.2. The van der Waals surface area contributed by atoms with Crippen LogP contribution in [-0.4, -0.2) is 57.0 Å². The minimum absolute atomic E-state index is 0.0558. The van der Waals surface area contributed by atoms with E-state index in [9.17, 15) is 19.5 Å². The number of aromatic nitrogens is 1. The molecule has 7 heteroatoms. The van der Waals surface area contributed by atoms with Crippen molar-refractivity contribution in [2.24, 2.45) is 11.8 Å². The van der Waals surface area contributed by atoms with E-state index >= 15 is 0 Å². The summed E-state index contributed by atoms with van der Waals surface area (Å²) in [7, 11) is 0. The third-order valence-electron chi connectivity index (χ3n) is 7.67. The van der Waals surface area contributed by atoms with E-state index in [-0.39, 0.29) is 48.3 Å². The van der Waals surface area contributed by atoms with Crippen molar-refractivity contribution in [1.82, 2.24) is 14.4 Å². The molecule has 0 saturated carbocycles. The Kier molecular flexibility index (Phi) is 5.83. The lowest BCUT2D eigenvalue weighted by molar-refractivity contribution is -0.147. The molecule has 2 amide bonds. The number of piperidine rings is 1. The largest absolute Gasteiger partial charge is 0.396 e. The van der Waals surface area contributed by atoms with Crippen LogP contribution < -0.4 is 5.56 Å². The van der Waals surface area contributed by atoms with Gasteiger partial charge in [0.05, 0.1) is 6.04 Å². The zero-order valence-corrected chi connectivity index (χ0v) is 19.0. The monoisotopic (exact) mass is 449 g/mol. The van der Waals surface area contributed by atoms with E-state index in [1.165, 1.54) is 0 Å². The molecular weight excluding hydrogens is 418 g/mol. The average Bonchev–Trinajstić information content (AvgIpc) is 3.39. The van der Waals surface area contributed by atoms with E-state index in [4.69, 9.17) is 0 Å². The maximum absolute atomic E-state index is 13.6. The number of hydrogen-bond acceptors (Lipinski definition) is 4. The van der Waals surface area contributed by atoms with Crippen molar-refractivity contribution >= 4 is 11.8 Å². The van der Waals surface area contributed by atoms with Crippen LogP contribution in [0.4, 0.5) is 0 Å². The van der Waals surface area contributed by atoms with E-state index in [0.29, 0.717) is 25.2 Å². The van der Waals surface area contributed by atoms with Crippen molar-refractivity contribution in [3.05, 3.63) is 58.5 Å². The smallest absolute Gasteiger partial charge is 0.258 e. The first kappa shape index (κ1) is 21.9. The molecule has 2 saturated heterocycles. The zero-order valence-electron chi connectivity index (χ0n) is 19.0. The van der Waals surface area contributed by atoms with Crippen LogP contribution in [0.1, 0.15) is 44.3 Å². The van der Waals surface area contributed by atoms with Gasteiger partial charge in [-0.15, -0.1) is 0 Å². The topological polar surface area (TPSA) is 82.8 Å². The van der Waals surface area contributed by atoms with Crippen molar-refractivity contribution < 1.29 is 14.7 Å². The molecule has 1 aromatic heterocycles. The van der Waals surface area contributed by atoms with Crippen molar-refractivity contribution in [3.8, 4) is 11.1 Å². The van der Waals surface area contributed by atoms with Gasteiger partial charge in [-0.1, -0.05) is 37.3 Å². The summed E-state index contributed by atoms with van der Waals surface area (Å²) in [5, 5.41) is 10.4. The number of carbonyl (C=O) groups is 2. The second kappa shape index (κ2) is 8.78. The summed E-state index contributed by atoms with van der Waals surface area (Å²) in [6, 6.07) is 12.3. The Labute approximate surface area is 193 Å². The number of likely N-dealkylation sites (tertiary alicyclic amines) is 2. The molecule has 7 nitrogen and oxygen atoms in total. The summed E-state index contributed by atoms with van der Waals surface area (Å²) >= 11 is 0. The van der Waals surface area contributed by atoms with Crippen LogP contribution in [0, 0.1) is 11.8 Å². The van der Waals surface area contributed by atoms with Gasteiger partial charge in [0, 0.05) is 55.8 Å². The van der Waals surface area contributed by atoms with Crippen molar-refractivity contribution in [2.45, 2.75) is 51.2 Å². The Balaban J connectivity index is 1.56. The number of amides is 2. The maximum Gasteiger partial charge on any atom is 0.258 e. The minimum Gasteiger partial charge on any atom is -0.396 e. The molecule has 3 aliphatic rings. The summed E-state index contributed by atoms with van der Waals surface area (Å²) in [5.41, 5.74) is 2.15. The Morgan fingerprint density at radius 1 is 1.03 bits per heavy atom. The number of aliphatic hydroxyl groups excluding tert-OH is 1. The lowest BCUT2D eigenvalue weighted by atomic mass is 9.88. The van der Waals surface area contributed by atoms with E-state index in [0.717, 1.165) is 30.5 Å². The van der Waals surface area contributed by atoms with Crippen molar-refractivity contribution in [3.63, 3.8) is 0 Å². The molecule has 0 spiro atoms. The molecule has 0 aliphatic carbocycles. The molecule has 0 unspecified atom stereocenters. The van der Waals surface area contributed by atoms with Crippen LogP contribution in [0.15, 0.2) is 47.3 Å².